The van der Waals surface area contributed by atoms with Crippen LogP contribution in [0.25, 0.3) is 28.4 Å². The number of aliphatic hydroxyl groups excluding tert-OH is 8. The third kappa shape index (κ3) is 9.60. The highest BCUT2D eigenvalue weighted by Gasteiger charge is 2.50. The summed E-state index contributed by atoms with van der Waals surface area (Å²) in [5.41, 5.74) is -0.796. The molecule has 0 aliphatic carbocycles. The van der Waals surface area contributed by atoms with Gasteiger partial charge in [-0.25, -0.2) is 4.79 Å². The van der Waals surface area contributed by atoms with E-state index in [2.05, 4.69) is 0 Å². The van der Waals surface area contributed by atoms with Crippen molar-refractivity contribution in [3.63, 3.8) is 0 Å². The third-order valence-electron chi connectivity index (χ3n) is 10.8. The summed E-state index contributed by atoms with van der Waals surface area (Å²) in [4.78, 5) is 27.4. The number of aliphatic hydroxyl groups is 8. The number of ether oxygens (including phenoxy) is 7. The molecule has 0 radical (unpaired) electrons. The molecular weight excluding hydrogens is 840 g/mol. The smallest absolute Gasteiger partial charge is 0.331 e. The highest BCUT2D eigenvalue weighted by Crippen LogP contribution is 2.39. The van der Waals surface area contributed by atoms with Crippen molar-refractivity contribution in [3.8, 4) is 40.1 Å². The Kier molecular flexibility index (Phi) is 13.6. The maximum Gasteiger partial charge on any atom is 0.331 e. The second-order valence-electron chi connectivity index (χ2n) is 15.2. The number of aromatic hydroxyl groups is 3. The van der Waals surface area contributed by atoms with Crippen LogP contribution in [0.3, 0.4) is 0 Å². The highest BCUT2D eigenvalue weighted by molar-refractivity contribution is 5.88. The van der Waals surface area contributed by atoms with E-state index in [1.165, 1.54) is 68.5 Å². The summed E-state index contributed by atoms with van der Waals surface area (Å²) < 4.78 is 45.9. The fourth-order valence-electron chi connectivity index (χ4n) is 7.14. The standard InChI is InChI=1S/C42H46O21/c1-16-28(47)31(50)34(53)40(57-16)56-15-25-38(62-26(46)12-5-18-3-8-20(43)9-4-18)33(52)36(55)42(61-25)63-39-30(49)27-23(45)13-22(59-41-35(54)32(51)29(48)17(2)58-41)14-24(27)60-37(39)19-6-10-21(44)11-7-19/h3-14,16-17,25,28-29,31-36,38,40-45,47-48,50-55H,15H2,1-2H3/b12-5+/t16?,17?,25?,28-,29-,31-,32-,33?,34?,35?,36?,38-,40+,41-,42-/m0/s1. The van der Waals surface area contributed by atoms with Gasteiger partial charge in [0.05, 0.1) is 18.8 Å². The lowest BCUT2D eigenvalue weighted by Crippen LogP contribution is -2.62. The fraction of sp³-hybridized carbons (Fsp3) is 0.429. The van der Waals surface area contributed by atoms with Gasteiger partial charge in [-0.3, -0.25) is 4.79 Å². The first kappa shape index (κ1) is 45.6. The lowest BCUT2D eigenvalue weighted by molar-refractivity contribution is -0.319. The van der Waals surface area contributed by atoms with Gasteiger partial charge < -0.3 is 93.7 Å². The Morgan fingerprint density at radius 3 is 1.86 bits per heavy atom. The predicted molar refractivity (Wildman–Crippen MR) is 211 cm³/mol. The van der Waals surface area contributed by atoms with Crippen LogP contribution in [0.4, 0.5) is 0 Å². The van der Waals surface area contributed by atoms with Gasteiger partial charge in [-0.1, -0.05) is 12.1 Å². The Labute approximate surface area is 356 Å². The van der Waals surface area contributed by atoms with Crippen molar-refractivity contribution in [1.82, 2.24) is 0 Å². The van der Waals surface area contributed by atoms with Crippen LogP contribution in [0, 0.1) is 0 Å². The van der Waals surface area contributed by atoms with Crippen LogP contribution in [0.5, 0.6) is 28.7 Å². The molecule has 3 aromatic carbocycles. The van der Waals surface area contributed by atoms with Crippen molar-refractivity contribution in [1.29, 1.82) is 0 Å². The van der Waals surface area contributed by atoms with Crippen molar-refractivity contribution >= 4 is 23.0 Å². The summed E-state index contributed by atoms with van der Waals surface area (Å²) in [7, 11) is 0. The topological polar surface area (TPSA) is 334 Å². The van der Waals surface area contributed by atoms with Gasteiger partial charge in [-0.2, -0.15) is 0 Å². The molecule has 3 aliphatic heterocycles. The molecular formula is C42H46O21. The van der Waals surface area contributed by atoms with E-state index in [0.29, 0.717) is 5.56 Å². The SMILES string of the molecule is CC1O[C@@H](OCC2O[C@@H](Oc3c(-c4ccc(O)cc4)oc4cc(O[C@@H]5OC(C)[C@H](O)[C@H](O)C5O)cc(O)c4c3=O)C(O)C(O)[C@H]2OC(=O)/C=C/c2ccc(O)cc2)C(O)[C@@H](O)[C@H]1O. The zero-order valence-electron chi connectivity index (χ0n) is 33.3. The Morgan fingerprint density at radius 1 is 0.667 bits per heavy atom. The number of esters is 1. The van der Waals surface area contributed by atoms with Gasteiger partial charge in [0.1, 0.15) is 88.9 Å². The number of benzene rings is 3. The fourth-order valence-corrected chi connectivity index (χ4v) is 7.14. The molecule has 0 saturated carbocycles. The van der Waals surface area contributed by atoms with Gasteiger partial charge in [-0.05, 0) is 61.9 Å². The van der Waals surface area contributed by atoms with Gasteiger partial charge in [0, 0.05) is 23.8 Å². The summed E-state index contributed by atoms with van der Waals surface area (Å²) in [6.07, 6.45) is -22.0. The van der Waals surface area contributed by atoms with E-state index in [9.17, 15) is 65.8 Å². The minimum Gasteiger partial charge on any atom is -0.508 e. The van der Waals surface area contributed by atoms with Crippen molar-refractivity contribution < 1.29 is 98.5 Å². The van der Waals surface area contributed by atoms with Crippen LogP contribution >= 0.6 is 0 Å². The zero-order chi connectivity index (χ0) is 45.4. The highest BCUT2D eigenvalue weighted by atomic mass is 16.7. The lowest BCUT2D eigenvalue weighted by Gasteiger charge is -2.43. The van der Waals surface area contributed by atoms with E-state index in [1.54, 1.807) is 0 Å². The maximum absolute atomic E-state index is 14.3. The van der Waals surface area contributed by atoms with E-state index in [4.69, 9.17) is 37.6 Å². The van der Waals surface area contributed by atoms with Crippen LogP contribution < -0.4 is 14.9 Å². The number of carbonyl (C=O) groups is 1. The summed E-state index contributed by atoms with van der Waals surface area (Å²) in [6, 6.07) is 13.0. The molecule has 4 heterocycles. The summed E-state index contributed by atoms with van der Waals surface area (Å²) >= 11 is 0. The first-order valence-electron chi connectivity index (χ1n) is 19.6. The third-order valence-corrected chi connectivity index (χ3v) is 10.8. The van der Waals surface area contributed by atoms with Crippen molar-refractivity contribution in [3.05, 3.63) is 82.5 Å². The molecule has 0 amide bonds. The number of carbonyl (C=O) groups excluding carboxylic acids is 1. The number of phenols is 3. The number of hydrogen-bond acceptors (Lipinski definition) is 21. The minimum absolute atomic E-state index is 0.0202. The Balaban J connectivity index is 1.21. The molecule has 21 heteroatoms. The molecule has 15 atom stereocenters. The first-order valence-corrected chi connectivity index (χ1v) is 19.6. The van der Waals surface area contributed by atoms with E-state index in [0.717, 1.165) is 18.2 Å². The van der Waals surface area contributed by atoms with Gasteiger partial charge in [0.2, 0.25) is 23.8 Å². The van der Waals surface area contributed by atoms with E-state index in [-0.39, 0.29) is 34.2 Å². The molecule has 1 aromatic heterocycles. The molecule has 340 valence electrons. The largest absolute Gasteiger partial charge is 0.508 e. The van der Waals surface area contributed by atoms with Gasteiger partial charge in [-0.15, -0.1) is 0 Å². The first-order chi connectivity index (χ1) is 29.9. The Bertz CT molecular complexity index is 2320. The summed E-state index contributed by atoms with van der Waals surface area (Å²) in [5, 5.41) is 115. The molecule has 7 rings (SSSR count). The monoisotopic (exact) mass is 886 g/mol. The normalized spacial score (nSPS) is 33.6. The second kappa shape index (κ2) is 18.8. The van der Waals surface area contributed by atoms with Gasteiger partial charge in [0.25, 0.3) is 0 Å². The number of rotatable bonds is 11. The van der Waals surface area contributed by atoms with Gasteiger partial charge in [0.15, 0.2) is 18.2 Å². The molecule has 3 fully saturated rings. The molecule has 0 bridgehead atoms. The van der Waals surface area contributed by atoms with E-state index >= 15 is 0 Å². The molecule has 4 aromatic rings. The molecule has 0 spiro atoms. The van der Waals surface area contributed by atoms with Crippen LogP contribution in [-0.2, 0) is 28.5 Å². The summed E-state index contributed by atoms with van der Waals surface area (Å²) in [5.74, 6) is -3.26. The molecule has 11 N–H and O–H groups in total. The molecule has 3 aliphatic rings. The average molecular weight is 887 g/mol. The van der Waals surface area contributed by atoms with E-state index < -0.39 is 127 Å². The maximum atomic E-state index is 14.3. The molecule has 21 nitrogen and oxygen atoms in total. The van der Waals surface area contributed by atoms with Gasteiger partial charge >= 0.3 is 5.97 Å². The van der Waals surface area contributed by atoms with Crippen molar-refractivity contribution in [2.75, 3.05) is 6.61 Å². The van der Waals surface area contributed by atoms with Crippen LogP contribution in [0.1, 0.15) is 19.4 Å². The summed E-state index contributed by atoms with van der Waals surface area (Å²) in [6.45, 7) is 2.13. The Hall–Kier alpha value is -5.40. The minimum atomic E-state index is -2.10. The lowest BCUT2D eigenvalue weighted by atomic mass is 9.98. The van der Waals surface area contributed by atoms with Crippen LogP contribution in [-0.4, -0.2) is 161 Å². The van der Waals surface area contributed by atoms with Crippen molar-refractivity contribution in [2.24, 2.45) is 0 Å². The molecule has 63 heavy (non-hydrogen) atoms. The van der Waals surface area contributed by atoms with Crippen LogP contribution in [0.2, 0.25) is 0 Å². The number of hydrogen-bond donors (Lipinski definition) is 11. The van der Waals surface area contributed by atoms with E-state index in [1.807, 2.05) is 0 Å². The Morgan fingerprint density at radius 2 is 1.22 bits per heavy atom. The van der Waals surface area contributed by atoms with Crippen molar-refractivity contribution in [2.45, 2.75) is 106 Å². The molecule has 7 unspecified atom stereocenters. The zero-order valence-corrected chi connectivity index (χ0v) is 33.3. The molecule has 3 saturated heterocycles. The number of fused-ring (bicyclic) bond motifs is 1. The number of phenolic OH excluding ortho intramolecular Hbond substituents is 3. The average Bonchev–Trinajstić information content (AvgIpc) is 3.25. The van der Waals surface area contributed by atoms with Crippen LogP contribution in [0.15, 0.2) is 76.0 Å². The quantitative estimate of drug-likeness (QED) is 0.0641. The second-order valence-corrected chi connectivity index (χ2v) is 15.2. The predicted octanol–water partition coefficient (Wildman–Crippen LogP) is -0.922.